The van der Waals surface area contributed by atoms with Gasteiger partial charge in [-0.2, -0.15) is 0 Å². The van der Waals surface area contributed by atoms with E-state index in [9.17, 15) is 24.0 Å². The van der Waals surface area contributed by atoms with Crippen LogP contribution in [0.3, 0.4) is 0 Å². The highest BCUT2D eigenvalue weighted by Crippen LogP contribution is 2.65. The van der Waals surface area contributed by atoms with Crippen molar-refractivity contribution in [3.05, 3.63) is 35.4 Å². The van der Waals surface area contributed by atoms with Crippen LogP contribution in [-0.2, 0) is 36.8 Å². The number of likely N-dealkylation sites (tertiary alicyclic amines) is 1. The molecule has 1 heterocycles. The van der Waals surface area contributed by atoms with E-state index in [2.05, 4.69) is 24.5 Å². The smallest absolute Gasteiger partial charge is 0.408 e. The van der Waals surface area contributed by atoms with E-state index in [0.29, 0.717) is 32.2 Å². The standard InChI is InChI=1S/C30H42N4O6/c1-6-10-21(25(35)26(31)36)32-27(37)24-22-20(30(22,4)5)15-34(24)28(38)23(33-29(39)40-16(3)7-2)19-13-17-11-8-9-12-18(17)14-19/h8-9,11-12,16,19-24H,6-7,10,13-15H2,1-5H3,(H2,31,36)(H,32,37)(H,33,39). The number of amides is 4. The van der Waals surface area contributed by atoms with Crippen molar-refractivity contribution in [3.63, 3.8) is 0 Å². The maximum Gasteiger partial charge on any atom is 0.408 e. The van der Waals surface area contributed by atoms with Crippen molar-refractivity contribution in [1.82, 2.24) is 15.5 Å². The molecule has 4 amide bonds. The minimum absolute atomic E-state index is 0.101. The third-order valence-electron chi connectivity index (χ3n) is 9.19. The Bertz CT molecular complexity index is 1160. The maximum absolute atomic E-state index is 14.3. The molecule has 0 bridgehead atoms. The summed E-state index contributed by atoms with van der Waals surface area (Å²) in [6, 6.07) is 5.21. The lowest BCUT2D eigenvalue weighted by Gasteiger charge is -2.35. The predicted molar refractivity (Wildman–Crippen MR) is 148 cm³/mol. The molecule has 4 rings (SSSR count). The van der Waals surface area contributed by atoms with Gasteiger partial charge in [-0.3, -0.25) is 19.2 Å². The second-order valence-corrected chi connectivity index (χ2v) is 12.2. The fraction of sp³-hybridized carbons (Fsp3) is 0.633. The summed E-state index contributed by atoms with van der Waals surface area (Å²) in [6.07, 6.45) is 1.71. The SMILES string of the molecule is CCCC(NC(=O)C1C2C(CN1C(=O)C(NC(=O)OC(C)CC)C1Cc3ccccc3C1)C2(C)C)C(=O)C(N)=O. The molecule has 6 unspecified atom stereocenters. The fourth-order valence-corrected chi connectivity index (χ4v) is 6.62. The summed E-state index contributed by atoms with van der Waals surface area (Å²) in [4.78, 5) is 66.4. The molecule has 1 saturated heterocycles. The van der Waals surface area contributed by atoms with E-state index < -0.39 is 41.8 Å². The Hall–Kier alpha value is -3.43. The van der Waals surface area contributed by atoms with Crippen LogP contribution in [-0.4, -0.2) is 65.3 Å². The number of rotatable bonds is 11. The molecule has 218 valence electrons. The molecule has 1 saturated carbocycles. The number of alkyl carbamates (subject to hydrolysis) is 1. The van der Waals surface area contributed by atoms with E-state index in [-0.39, 0.29) is 41.6 Å². The van der Waals surface area contributed by atoms with Gasteiger partial charge in [0.2, 0.25) is 17.6 Å². The molecule has 6 atom stereocenters. The fourth-order valence-electron chi connectivity index (χ4n) is 6.62. The Morgan fingerprint density at radius 2 is 1.70 bits per heavy atom. The van der Waals surface area contributed by atoms with Crippen LogP contribution in [0.2, 0.25) is 0 Å². The van der Waals surface area contributed by atoms with Gasteiger partial charge in [-0.1, -0.05) is 58.4 Å². The summed E-state index contributed by atoms with van der Waals surface area (Å²) < 4.78 is 5.46. The Morgan fingerprint density at radius 3 is 2.25 bits per heavy atom. The largest absolute Gasteiger partial charge is 0.447 e. The van der Waals surface area contributed by atoms with E-state index in [1.54, 1.807) is 11.8 Å². The number of hydrogen-bond donors (Lipinski definition) is 3. The minimum Gasteiger partial charge on any atom is -0.447 e. The normalized spacial score (nSPS) is 24.7. The summed E-state index contributed by atoms with van der Waals surface area (Å²) >= 11 is 0. The summed E-state index contributed by atoms with van der Waals surface area (Å²) in [5, 5.41) is 5.56. The minimum atomic E-state index is -1.10. The first-order chi connectivity index (χ1) is 18.9. The maximum atomic E-state index is 14.3. The van der Waals surface area contributed by atoms with Gasteiger partial charge in [-0.15, -0.1) is 0 Å². The number of ketones is 1. The highest BCUT2D eigenvalue weighted by molar-refractivity contribution is 6.37. The van der Waals surface area contributed by atoms with Gasteiger partial charge in [0, 0.05) is 6.54 Å². The monoisotopic (exact) mass is 554 g/mol. The first-order valence-corrected chi connectivity index (χ1v) is 14.4. The van der Waals surface area contributed by atoms with Crippen LogP contribution in [0, 0.1) is 23.2 Å². The molecule has 4 N–H and O–H groups in total. The number of fused-ring (bicyclic) bond motifs is 2. The van der Waals surface area contributed by atoms with Crippen molar-refractivity contribution in [2.75, 3.05) is 6.54 Å². The zero-order valence-corrected chi connectivity index (χ0v) is 24.1. The molecule has 2 aliphatic carbocycles. The van der Waals surface area contributed by atoms with Gasteiger partial charge in [0.15, 0.2) is 0 Å². The van der Waals surface area contributed by atoms with Crippen molar-refractivity contribution in [2.24, 2.45) is 28.9 Å². The number of ether oxygens (including phenoxy) is 1. The third-order valence-corrected chi connectivity index (χ3v) is 9.19. The van der Waals surface area contributed by atoms with Crippen molar-refractivity contribution in [3.8, 4) is 0 Å². The number of nitrogens with two attached hydrogens (primary N) is 1. The topological polar surface area (TPSA) is 148 Å². The summed E-state index contributed by atoms with van der Waals surface area (Å²) in [7, 11) is 0. The van der Waals surface area contributed by atoms with Crippen molar-refractivity contribution in [2.45, 2.75) is 91.0 Å². The van der Waals surface area contributed by atoms with Crippen LogP contribution in [0.5, 0.6) is 0 Å². The molecular weight excluding hydrogens is 512 g/mol. The van der Waals surface area contributed by atoms with Gasteiger partial charge in [-0.05, 0) is 66.9 Å². The second kappa shape index (κ2) is 11.6. The van der Waals surface area contributed by atoms with Crippen LogP contribution < -0.4 is 16.4 Å². The average Bonchev–Trinajstić information content (AvgIpc) is 3.29. The molecule has 10 heteroatoms. The first kappa shape index (κ1) is 29.6. The van der Waals surface area contributed by atoms with Gasteiger partial charge in [-0.25, -0.2) is 4.79 Å². The van der Waals surface area contributed by atoms with Crippen LogP contribution in [0.25, 0.3) is 0 Å². The molecule has 2 fully saturated rings. The first-order valence-electron chi connectivity index (χ1n) is 14.4. The lowest BCUT2D eigenvalue weighted by Crippen LogP contribution is -2.59. The van der Waals surface area contributed by atoms with E-state index in [1.807, 2.05) is 38.1 Å². The van der Waals surface area contributed by atoms with Crippen LogP contribution in [0.1, 0.15) is 65.0 Å². The number of hydrogen-bond acceptors (Lipinski definition) is 6. The van der Waals surface area contributed by atoms with E-state index >= 15 is 0 Å². The third kappa shape index (κ3) is 5.71. The molecule has 10 nitrogen and oxygen atoms in total. The van der Waals surface area contributed by atoms with Gasteiger partial charge in [0.1, 0.15) is 18.2 Å². The van der Waals surface area contributed by atoms with Gasteiger partial charge in [0.05, 0.1) is 6.04 Å². The average molecular weight is 555 g/mol. The Balaban J connectivity index is 1.59. The summed E-state index contributed by atoms with van der Waals surface area (Å²) in [6.45, 7) is 10.0. The van der Waals surface area contributed by atoms with Crippen LogP contribution in [0.15, 0.2) is 24.3 Å². The van der Waals surface area contributed by atoms with Crippen molar-refractivity contribution < 1.29 is 28.7 Å². The Morgan fingerprint density at radius 1 is 1.07 bits per heavy atom. The van der Waals surface area contributed by atoms with E-state index in [4.69, 9.17) is 10.5 Å². The number of piperidine rings is 1. The lowest BCUT2D eigenvalue weighted by molar-refractivity contribution is -0.144. The zero-order chi connectivity index (χ0) is 29.4. The number of carbonyl (C=O) groups is 5. The molecule has 1 aromatic carbocycles. The molecule has 40 heavy (non-hydrogen) atoms. The molecule has 0 radical (unpaired) electrons. The van der Waals surface area contributed by atoms with Crippen molar-refractivity contribution >= 4 is 29.6 Å². The van der Waals surface area contributed by atoms with E-state index in [1.165, 1.54) is 0 Å². The highest BCUT2D eigenvalue weighted by Gasteiger charge is 2.69. The summed E-state index contributed by atoms with van der Waals surface area (Å²) in [5.41, 5.74) is 7.34. The quantitative estimate of drug-likeness (QED) is 0.357. The number of benzene rings is 1. The van der Waals surface area contributed by atoms with Gasteiger partial charge >= 0.3 is 6.09 Å². The molecule has 1 aromatic rings. The van der Waals surface area contributed by atoms with Gasteiger partial charge in [0.25, 0.3) is 5.91 Å². The van der Waals surface area contributed by atoms with Crippen LogP contribution in [0.4, 0.5) is 4.79 Å². The predicted octanol–water partition coefficient (Wildman–Crippen LogP) is 2.12. The van der Waals surface area contributed by atoms with E-state index in [0.717, 1.165) is 11.1 Å². The number of carbonyl (C=O) groups excluding carboxylic acids is 5. The Labute approximate surface area is 235 Å². The number of primary amides is 1. The van der Waals surface area contributed by atoms with Crippen molar-refractivity contribution in [1.29, 1.82) is 0 Å². The Kier molecular flexibility index (Phi) is 8.56. The zero-order valence-electron chi connectivity index (χ0n) is 24.1. The lowest BCUT2D eigenvalue weighted by atomic mass is 9.93. The summed E-state index contributed by atoms with van der Waals surface area (Å²) in [5.74, 6) is -2.97. The number of nitrogens with one attached hydrogen (secondary N) is 2. The number of Topliss-reactive ketones (excluding diaryl/α,β-unsaturated/α-hetero) is 1. The molecule has 0 spiro atoms. The molecular formula is C30H42N4O6. The molecule has 3 aliphatic rings. The second-order valence-electron chi connectivity index (χ2n) is 12.2. The molecule has 0 aromatic heterocycles. The molecule has 1 aliphatic heterocycles. The van der Waals surface area contributed by atoms with Crippen LogP contribution >= 0.6 is 0 Å². The van der Waals surface area contributed by atoms with Gasteiger partial charge < -0.3 is 26.0 Å². The highest BCUT2D eigenvalue weighted by atomic mass is 16.6. The number of nitrogens with zero attached hydrogens (tertiary/aromatic N) is 1.